The SMILES string of the molecule is CC(C)(C)OC(=O)C[C@]1(O)OC(COCc2ccccc2)[C@H](OCc2ccccc2)C(OCc2ccccc2)C1OCc1ccccc1. The molecule has 0 radical (unpaired) electrons. The van der Waals surface area contributed by atoms with Gasteiger partial charge in [-0.25, -0.2) is 0 Å². The normalized spacial score (nSPS) is 22.7. The molecule has 0 spiro atoms. The second-order valence-electron chi connectivity index (χ2n) is 13.0. The first-order chi connectivity index (χ1) is 23.2. The highest BCUT2D eigenvalue weighted by molar-refractivity contribution is 5.71. The van der Waals surface area contributed by atoms with E-state index in [4.69, 9.17) is 28.4 Å². The van der Waals surface area contributed by atoms with Gasteiger partial charge in [-0.1, -0.05) is 121 Å². The van der Waals surface area contributed by atoms with Gasteiger partial charge in [-0.05, 0) is 43.0 Å². The minimum Gasteiger partial charge on any atom is -0.460 e. The number of esters is 1. The van der Waals surface area contributed by atoms with Crippen molar-refractivity contribution in [1.82, 2.24) is 0 Å². The number of carbonyl (C=O) groups is 1. The van der Waals surface area contributed by atoms with Gasteiger partial charge in [0.05, 0.1) is 33.0 Å². The fourth-order valence-corrected chi connectivity index (χ4v) is 5.66. The molecule has 4 aromatic carbocycles. The van der Waals surface area contributed by atoms with E-state index in [1.165, 1.54) is 0 Å². The van der Waals surface area contributed by atoms with Gasteiger partial charge in [0.15, 0.2) is 0 Å². The zero-order valence-electron chi connectivity index (χ0n) is 27.9. The maximum atomic E-state index is 13.3. The Morgan fingerprint density at radius 3 is 1.52 bits per heavy atom. The standard InChI is InChI=1S/C40H46O8/c1-39(2,3)48-35(41)24-40(42)38(46-28-33-22-14-7-15-23-33)37(45-27-32-20-12-6-13-21-32)36(44-26-31-18-10-5-11-19-31)34(47-40)29-43-25-30-16-8-4-9-17-30/h4-23,34,36-38,42H,24-29H2,1-3H3/t34?,36-,37?,38?,40-/m0/s1. The third-order valence-corrected chi connectivity index (χ3v) is 7.84. The van der Waals surface area contributed by atoms with Gasteiger partial charge in [0.25, 0.3) is 0 Å². The fourth-order valence-electron chi connectivity index (χ4n) is 5.66. The lowest BCUT2D eigenvalue weighted by Gasteiger charge is -2.50. The second-order valence-corrected chi connectivity index (χ2v) is 13.0. The Kier molecular flexibility index (Phi) is 12.5. The molecule has 1 aliphatic heterocycles. The largest absolute Gasteiger partial charge is 0.460 e. The maximum Gasteiger partial charge on any atom is 0.311 e. The third kappa shape index (κ3) is 10.6. The van der Waals surface area contributed by atoms with Crippen LogP contribution in [0.1, 0.15) is 49.4 Å². The van der Waals surface area contributed by atoms with Crippen LogP contribution in [0.2, 0.25) is 0 Å². The Morgan fingerprint density at radius 1 is 0.646 bits per heavy atom. The topological polar surface area (TPSA) is 92.7 Å². The van der Waals surface area contributed by atoms with E-state index in [1.807, 2.05) is 121 Å². The molecule has 8 nitrogen and oxygen atoms in total. The predicted octanol–water partition coefficient (Wildman–Crippen LogP) is 6.78. The molecule has 5 atom stereocenters. The van der Waals surface area contributed by atoms with Crippen molar-refractivity contribution in [2.45, 2.75) is 89.4 Å². The van der Waals surface area contributed by atoms with Crippen LogP contribution in [0.4, 0.5) is 0 Å². The van der Waals surface area contributed by atoms with Gasteiger partial charge in [0.1, 0.15) is 36.4 Å². The quantitative estimate of drug-likeness (QED) is 0.140. The number of benzene rings is 4. The summed E-state index contributed by atoms with van der Waals surface area (Å²) < 4.78 is 38.0. The molecule has 254 valence electrons. The minimum absolute atomic E-state index is 0.0571. The zero-order chi connectivity index (χ0) is 33.8. The van der Waals surface area contributed by atoms with Crippen LogP contribution in [0.3, 0.4) is 0 Å². The van der Waals surface area contributed by atoms with Crippen LogP contribution in [0.25, 0.3) is 0 Å². The van der Waals surface area contributed by atoms with Gasteiger partial charge in [0, 0.05) is 0 Å². The molecule has 0 bridgehead atoms. The first-order valence-electron chi connectivity index (χ1n) is 16.4. The van der Waals surface area contributed by atoms with Crippen molar-refractivity contribution in [2.24, 2.45) is 0 Å². The Balaban J connectivity index is 1.49. The summed E-state index contributed by atoms with van der Waals surface area (Å²) in [6.07, 6.45) is -4.08. The van der Waals surface area contributed by atoms with Crippen molar-refractivity contribution in [3.63, 3.8) is 0 Å². The van der Waals surface area contributed by atoms with Crippen LogP contribution in [0.15, 0.2) is 121 Å². The first kappa shape index (κ1) is 35.4. The molecule has 0 aromatic heterocycles. The lowest BCUT2D eigenvalue weighted by molar-refractivity contribution is -0.370. The van der Waals surface area contributed by atoms with Crippen molar-refractivity contribution >= 4 is 5.97 Å². The van der Waals surface area contributed by atoms with Gasteiger partial charge in [0.2, 0.25) is 5.79 Å². The number of aliphatic hydroxyl groups is 1. The number of ether oxygens (including phenoxy) is 6. The molecule has 0 aliphatic carbocycles. The van der Waals surface area contributed by atoms with E-state index in [-0.39, 0.29) is 26.4 Å². The smallest absolute Gasteiger partial charge is 0.311 e. The van der Waals surface area contributed by atoms with Crippen LogP contribution in [0.5, 0.6) is 0 Å². The second kappa shape index (κ2) is 17.0. The zero-order valence-corrected chi connectivity index (χ0v) is 27.9. The van der Waals surface area contributed by atoms with E-state index in [0.717, 1.165) is 22.3 Å². The Hall–Kier alpha value is -3.89. The predicted molar refractivity (Wildman–Crippen MR) is 181 cm³/mol. The first-order valence-corrected chi connectivity index (χ1v) is 16.4. The molecule has 48 heavy (non-hydrogen) atoms. The summed E-state index contributed by atoms with van der Waals surface area (Å²) in [6, 6.07) is 39.0. The summed E-state index contributed by atoms with van der Waals surface area (Å²) in [4.78, 5) is 13.3. The average Bonchev–Trinajstić information content (AvgIpc) is 3.07. The number of hydrogen-bond acceptors (Lipinski definition) is 8. The van der Waals surface area contributed by atoms with E-state index in [0.29, 0.717) is 6.61 Å². The highest BCUT2D eigenvalue weighted by Crippen LogP contribution is 2.38. The lowest BCUT2D eigenvalue weighted by atomic mass is 9.89. The molecule has 0 amide bonds. The Morgan fingerprint density at radius 2 is 1.06 bits per heavy atom. The van der Waals surface area contributed by atoms with Gasteiger partial charge in [-0.3, -0.25) is 4.79 Å². The van der Waals surface area contributed by atoms with Crippen molar-refractivity contribution in [3.05, 3.63) is 144 Å². The maximum absolute atomic E-state index is 13.3. The molecular formula is C40H46O8. The van der Waals surface area contributed by atoms with E-state index in [9.17, 15) is 9.90 Å². The summed E-state index contributed by atoms with van der Waals surface area (Å²) in [7, 11) is 0. The number of hydrogen-bond donors (Lipinski definition) is 1. The molecular weight excluding hydrogens is 608 g/mol. The Labute approximate surface area is 283 Å². The summed E-state index contributed by atoms with van der Waals surface area (Å²) >= 11 is 0. The molecule has 1 fully saturated rings. The van der Waals surface area contributed by atoms with Crippen molar-refractivity contribution < 1.29 is 38.3 Å². The van der Waals surface area contributed by atoms with Crippen LogP contribution in [0, 0.1) is 0 Å². The minimum atomic E-state index is -2.13. The Bertz CT molecular complexity index is 1510. The van der Waals surface area contributed by atoms with E-state index >= 15 is 0 Å². The van der Waals surface area contributed by atoms with Crippen LogP contribution < -0.4 is 0 Å². The van der Waals surface area contributed by atoms with Crippen molar-refractivity contribution in [1.29, 1.82) is 0 Å². The van der Waals surface area contributed by atoms with Crippen LogP contribution in [-0.4, -0.2) is 53.5 Å². The van der Waals surface area contributed by atoms with Crippen molar-refractivity contribution in [3.8, 4) is 0 Å². The molecule has 4 aromatic rings. The van der Waals surface area contributed by atoms with Crippen LogP contribution in [-0.2, 0) is 59.6 Å². The molecule has 1 aliphatic rings. The number of rotatable bonds is 15. The lowest BCUT2D eigenvalue weighted by Crippen LogP contribution is -2.67. The number of carbonyl (C=O) groups excluding carboxylic acids is 1. The molecule has 5 rings (SSSR count). The molecule has 3 unspecified atom stereocenters. The molecule has 1 heterocycles. The van der Waals surface area contributed by atoms with Gasteiger partial charge in [-0.2, -0.15) is 0 Å². The van der Waals surface area contributed by atoms with E-state index in [1.54, 1.807) is 20.8 Å². The molecule has 1 N–H and O–H groups in total. The summed E-state index contributed by atoms with van der Waals surface area (Å²) in [5, 5.41) is 12.4. The third-order valence-electron chi connectivity index (χ3n) is 7.84. The van der Waals surface area contributed by atoms with Gasteiger partial charge in [-0.15, -0.1) is 0 Å². The monoisotopic (exact) mass is 654 g/mol. The highest BCUT2D eigenvalue weighted by Gasteiger charge is 2.57. The van der Waals surface area contributed by atoms with Gasteiger partial charge >= 0.3 is 5.97 Å². The molecule has 8 heteroatoms. The molecule has 0 saturated carbocycles. The highest BCUT2D eigenvalue weighted by atomic mass is 16.7. The van der Waals surface area contributed by atoms with E-state index < -0.39 is 48.2 Å². The summed E-state index contributed by atoms with van der Waals surface area (Å²) in [6.45, 7) is 6.31. The van der Waals surface area contributed by atoms with E-state index in [2.05, 4.69) is 0 Å². The summed E-state index contributed by atoms with van der Waals surface area (Å²) in [5.74, 6) is -2.76. The fraction of sp³-hybridized carbons (Fsp3) is 0.375. The average molecular weight is 655 g/mol. The van der Waals surface area contributed by atoms with Crippen LogP contribution >= 0.6 is 0 Å². The van der Waals surface area contributed by atoms with Crippen molar-refractivity contribution in [2.75, 3.05) is 6.61 Å². The van der Waals surface area contributed by atoms with Gasteiger partial charge < -0.3 is 33.5 Å². The molecule has 1 saturated heterocycles. The summed E-state index contributed by atoms with van der Waals surface area (Å²) in [5.41, 5.74) is 2.99.